The minimum Gasteiger partial charge on any atom is -0.368 e. The summed E-state index contributed by atoms with van der Waals surface area (Å²) in [5, 5.41) is 0. The summed E-state index contributed by atoms with van der Waals surface area (Å²) < 4.78 is -0.197. The van der Waals surface area contributed by atoms with E-state index in [1.54, 1.807) is 0 Å². The van der Waals surface area contributed by atoms with Crippen molar-refractivity contribution in [3.05, 3.63) is 0 Å². The second-order valence-corrected chi connectivity index (χ2v) is 1.88. The van der Waals surface area contributed by atoms with Crippen molar-refractivity contribution < 1.29 is 0 Å². The Morgan fingerprint density at radius 3 is 2.00 bits per heavy atom. The molecular formula is H2B2IN. The Balaban J connectivity index is 2.32. The quantitative estimate of drug-likeness (QED) is 0.380. The third-order valence-electron chi connectivity index (χ3n) is 0. The third kappa shape index (κ3) is 13.9. The summed E-state index contributed by atoms with van der Waals surface area (Å²) in [6.45, 7) is 0. The van der Waals surface area contributed by atoms with E-state index >= 15 is 0 Å². The molecule has 2 N–H and O–H groups in total. The number of hydrogen-bond donors (Lipinski definition) is 1. The number of rotatable bonds is 0. The molecule has 0 heterocycles. The van der Waals surface area contributed by atoms with E-state index < -0.39 is 0 Å². The van der Waals surface area contributed by atoms with Gasteiger partial charge in [0.25, 0.3) is 0 Å². The molecule has 0 bridgehead atoms. The lowest BCUT2D eigenvalue weighted by Crippen LogP contribution is -2.15. The van der Waals surface area contributed by atoms with Crippen LogP contribution in [0.2, 0.25) is 0 Å². The van der Waals surface area contributed by atoms with Crippen molar-refractivity contribution in [3.8, 4) is 0 Å². The lowest BCUT2D eigenvalue weighted by atomic mass is 9.69. The predicted octanol–water partition coefficient (Wildman–Crippen LogP) is -0.466. The Labute approximate surface area is 40.7 Å². The van der Waals surface area contributed by atoms with Crippen LogP contribution in [0.15, 0.2) is 0 Å². The van der Waals surface area contributed by atoms with Gasteiger partial charge in [-0.15, -0.1) is 22.4 Å². The Morgan fingerprint density at radius 2 is 2.00 bits per heavy atom. The summed E-state index contributed by atoms with van der Waals surface area (Å²) in [6, 6.07) is 0. The van der Waals surface area contributed by atoms with Gasteiger partial charge in [-0.2, -0.15) is 0 Å². The monoisotopic (exact) mass is 165 g/mol. The van der Waals surface area contributed by atoms with Crippen molar-refractivity contribution >= 4 is 34.7 Å². The molecule has 20 valence electrons. The normalized spacial score (nSPS) is 6.50. The average Bonchev–Trinajstić information content (AvgIpc) is 0.811. The molecule has 4 heavy (non-hydrogen) atoms. The maximum atomic E-state index is 4.88. The first-order valence-electron chi connectivity index (χ1n) is 0.885. The van der Waals surface area contributed by atoms with Crippen LogP contribution in [0.5, 0.6) is 0 Å². The zero-order valence-corrected chi connectivity index (χ0v) is 4.27. The molecule has 0 rings (SSSR count). The van der Waals surface area contributed by atoms with Gasteiger partial charge in [-0.3, -0.25) is 0 Å². The van der Waals surface area contributed by atoms with Crippen LogP contribution in [0.1, 0.15) is 0 Å². The van der Waals surface area contributed by atoms with Crippen LogP contribution < -0.4 is 5.64 Å². The molecule has 4 heteroatoms. The van der Waals surface area contributed by atoms with Crippen LogP contribution in [0.4, 0.5) is 0 Å². The van der Waals surface area contributed by atoms with E-state index in [0.717, 1.165) is 0 Å². The highest BCUT2D eigenvalue weighted by Gasteiger charge is 1.79. The van der Waals surface area contributed by atoms with Crippen molar-refractivity contribution in [3.63, 3.8) is 0 Å². The molecule has 0 aromatic carbocycles. The van der Waals surface area contributed by atoms with E-state index in [0.29, 0.717) is 0 Å². The summed E-state index contributed by atoms with van der Waals surface area (Å²) in [6.07, 6.45) is 0. The van der Waals surface area contributed by atoms with E-state index in [4.69, 9.17) is 13.4 Å². The van der Waals surface area contributed by atoms with Crippen LogP contribution in [0, 0.1) is 0 Å². The molecule has 0 aromatic heterocycles. The van der Waals surface area contributed by atoms with Crippen molar-refractivity contribution in [2.24, 2.45) is 5.64 Å². The van der Waals surface area contributed by atoms with Gasteiger partial charge >= 0.3 is 0 Å². The van der Waals surface area contributed by atoms with Crippen LogP contribution in [0.25, 0.3) is 0 Å². The minimum atomic E-state index is -0.197. The Bertz CT molecular complexity index is 10.8. The van der Waals surface area contributed by atoms with Gasteiger partial charge in [-0.1, -0.05) is 0 Å². The maximum Gasteiger partial charge on any atom is 0.236 e. The fourth-order valence-corrected chi connectivity index (χ4v) is 0. The smallest absolute Gasteiger partial charge is 0.236 e. The second kappa shape index (κ2) is 2.08. The molecule has 0 aliphatic rings. The zero-order valence-electron chi connectivity index (χ0n) is 2.11. The minimum absolute atomic E-state index is 0.197. The highest BCUT2D eigenvalue weighted by atomic mass is 127. The molecule has 0 spiro atoms. The third-order valence-corrected chi connectivity index (χ3v) is 0. The van der Waals surface area contributed by atoms with Crippen molar-refractivity contribution in [1.29, 1.82) is 0 Å². The number of halogens is 1. The van der Waals surface area contributed by atoms with Gasteiger partial charge in [0, 0.05) is 0 Å². The van der Waals surface area contributed by atoms with Crippen molar-refractivity contribution in [2.75, 3.05) is 0 Å². The number of nitrogens with two attached hydrogens (primary N) is 1. The Kier molecular flexibility index (Phi) is 2.51. The first-order chi connectivity index (χ1) is 1.73. The second-order valence-electron chi connectivity index (χ2n) is 0.444. The van der Waals surface area contributed by atoms with Gasteiger partial charge < -0.3 is 5.64 Å². The molecule has 0 fully saturated rings. The predicted molar refractivity (Wildman–Crippen MR) is 29.7 cm³/mol. The van der Waals surface area contributed by atoms with Crippen LogP contribution in [0.3, 0.4) is 0 Å². The SMILES string of the molecule is [B]B(N)I. The summed E-state index contributed by atoms with van der Waals surface area (Å²) in [7, 11) is 4.88. The molecule has 1 nitrogen and oxygen atoms in total. The van der Waals surface area contributed by atoms with Crippen LogP contribution >= 0.6 is 22.4 Å². The highest BCUT2D eigenvalue weighted by Crippen LogP contribution is 1.70. The van der Waals surface area contributed by atoms with Crippen LogP contribution in [-0.2, 0) is 0 Å². The van der Waals surface area contributed by atoms with Crippen molar-refractivity contribution in [2.45, 2.75) is 0 Å². The summed E-state index contributed by atoms with van der Waals surface area (Å²) >= 11 is 1.90. The zero-order chi connectivity index (χ0) is 3.58. The molecule has 0 saturated carbocycles. The van der Waals surface area contributed by atoms with Crippen molar-refractivity contribution in [1.82, 2.24) is 0 Å². The van der Waals surface area contributed by atoms with Crippen LogP contribution in [-0.4, -0.2) is 12.3 Å². The first kappa shape index (κ1) is 4.82. The lowest BCUT2D eigenvalue weighted by molar-refractivity contribution is 1.97. The van der Waals surface area contributed by atoms with Gasteiger partial charge in [-0.25, -0.2) is 0 Å². The molecule has 0 saturated heterocycles. The summed E-state index contributed by atoms with van der Waals surface area (Å²) in [5.41, 5.74) is 4.88. The van der Waals surface area contributed by atoms with E-state index in [9.17, 15) is 0 Å². The Morgan fingerprint density at radius 1 is 2.00 bits per heavy atom. The maximum absolute atomic E-state index is 4.88. The van der Waals surface area contributed by atoms with Gasteiger partial charge in [0.1, 0.15) is 0 Å². The average molecular weight is 165 g/mol. The largest absolute Gasteiger partial charge is 0.368 e. The van der Waals surface area contributed by atoms with E-state index in [1.807, 2.05) is 22.4 Å². The fourth-order valence-electron chi connectivity index (χ4n) is 0. The number of hydrogen-bond acceptors (Lipinski definition) is 1. The van der Waals surface area contributed by atoms with Gasteiger partial charge in [0.2, 0.25) is 4.59 Å². The molecule has 0 atom stereocenters. The van der Waals surface area contributed by atoms with E-state index in [1.165, 1.54) is 0 Å². The topological polar surface area (TPSA) is 26.0 Å². The fraction of sp³-hybridized carbons (Fsp3) is 0. The van der Waals surface area contributed by atoms with E-state index in [-0.39, 0.29) is 4.59 Å². The molecule has 0 unspecified atom stereocenters. The molecule has 0 amide bonds. The van der Waals surface area contributed by atoms with E-state index in [2.05, 4.69) is 0 Å². The molecule has 2 radical (unpaired) electrons. The molecule has 0 aliphatic heterocycles. The summed E-state index contributed by atoms with van der Waals surface area (Å²) in [5.74, 6) is 0. The summed E-state index contributed by atoms with van der Waals surface area (Å²) in [4.78, 5) is 0. The van der Waals surface area contributed by atoms with Gasteiger partial charge in [0.15, 0.2) is 0 Å². The standard InChI is InChI=1S/B2H2IN/c1-2(3)4/h4H2. The Hall–Kier alpha value is 0.820. The molecule has 0 aliphatic carbocycles. The molecular weight excluding hydrogens is 163 g/mol. The first-order valence-corrected chi connectivity index (χ1v) is 2.13. The van der Waals surface area contributed by atoms with Gasteiger partial charge in [-0.05, 0) is 0 Å². The lowest BCUT2D eigenvalue weighted by Gasteiger charge is -1.71. The van der Waals surface area contributed by atoms with Gasteiger partial charge in [0.05, 0.1) is 7.74 Å². The molecule has 0 aromatic rings. The highest BCUT2D eigenvalue weighted by molar-refractivity contribution is 14.1.